The zero-order valence-electron chi connectivity index (χ0n) is 9.16. The van der Waals surface area contributed by atoms with Crippen LogP contribution in [0.4, 0.5) is 0 Å². The van der Waals surface area contributed by atoms with Gasteiger partial charge in [-0.25, -0.2) is 4.98 Å². The van der Waals surface area contributed by atoms with Gasteiger partial charge in [-0.05, 0) is 35.6 Å². The van der Waals surface area contributed by atoms with E-state index >= 15 is 0 Å². The summed E-state index contributed by atoms with van der Waals surface area (Å²) in [5.74, 6) is -0.350. The van der Waals surface area contributed by atoms with Crippen molar-refractivity contribution < 1.29 is 13.9 Å². The van der Waals surface area contributed by atoms with E-state index in [1.807, 2.05) is 6.07 Å². The zero-order chi connectivity index (χ0) is 12.6. The van der Waals surface area contributed by atoms with Gasteiger partial charge in [0.2, 0.25) is 0 Å². The third-order valence-electron chi connectivity index (χ3n) is 2.25. The van der Waals surface area contributed by atoms with E-state index in [9.17, 15) is 4.79 Å². The quantitative estimate of drug-likeness (QED) is 0.462. The Morgan fingerprint density at radius 2 is 2.35 bits per heavy atom. The highest BCUT2D eigenvalue weighted by molar-refractivity contribution is 14.1. The third-order valence-corrected chi connectivity index (χ3v) is 3.34. The lowest BCUT2D eigenvalue weighted by Crippen LogP contribution is -2.06. The predicted octanol–water partition coefficient (Wildman–Crippen LogP) is 3.71. The van der Waals surface area contributed by atoms with Crippen molar-refractivity contribution >= 4 is 51.1 Å². The van der Waals surface area contributed by atoms with E-state index in [0.717, 1.165) is 8.96 Å². The van der Waals surface area contributed by atoms with Gasteiger partial charge < -0.3 is 9.15 Å². The van der Waals surface area contributed by atoms with Crippen molar-refractivity contribution in [3.05, 3.63) is 26.7 Å². The Hall–Kier alpha value is -0.820. The first kappa shape index (κ1) is 12.6. The molecule has 0 fully saturated rings. The number of esters is 1. The summed E-state index contributed by atoms with van der Waals surface area (Å²) in [6, 6.07) is 1.82. The number of fused-ring (bicyclic) bond motifs is 1. The number of carbonyl (C=O) groups excluding carboxylic acids is 1. The summed E-state index contributed by atoms with van der Waals surface area (Å²) >= 11 is 8.16. The highest BCUT2D eigenvalue weighted by Gasteiger charge is 2.16. The monoisotopic (exact) mass is 365 g/mol. The van der Waals surface area contributed by atoms with Gasteiger partial charge in [-0.15, -0.1) is 0 Å². The number of furan rings is 1. The van der Waals surface area contributed by atoms with Crippen molar-refractivity contribution in [2.75, 3.05) is 0 Å². The van der Waals surface area contributed by atoms with Crippen LogP contribution in [0, 0.1) is 3.57 Å². The molecular weight excluding hydrogens is 356 g/mol. The maximum absolute atomic E-state index is 10.9. The van der Waals surface area contributed by atoms with Gasteiger partial charge in [-0.1, -0.05) is 11.6 Å². The summed E-state index contributed by atoms with van der Waals surface area (Å²) in [5.41, 5.74) is 1.16. The lowest BCUT2D eigenvalue weighted by Gasteiger charge is -2.11. The highest BCUT2D eigenvalue weighted by Crippen LogP contribution is 2.30. The molecular formula is C11H9ClINO3. The predicted molar refractivity (Wildman–Crippen MR) is 71.9 cm³/mol. The maximum atomic E-state index is 10.9. The largest absolute Gasteiger partial charge is 0.460 e. The van der Waals surface area contributed by atoms with Gasteiger partial charge in [-0.2, -0.15) is 0 Å². The van der Waals surface area contributed by atoms with Crippen LogP contribution in [0.5, 0.6) is 0 Å². The molecule has 0 saturated carbocycles. The lowest BCUT2D eigenvalue weighted by molar-refractivity contribution is -0.145. The summed E-state index contributed by atoms with van der Waals surface area (Å²) < 4.78 is 11.3. The standard InChI is InChI=1S/C11H9ClINO3/c1-5(17-6(2)15)9-3-7-8(13)4-16-10(7)11(12)14-9/h3-5H,1-2H3. The average Bonchev–Trinajstić information content (AvgIpc) is 2.60. The Labute approximate surface area is 116 Å². The molecule has 0 amide bonds. The van der Waals surface area contributed by atoms with Crippen LogP contribution >= 0.6 is 34.2 Å². The molecule has 2 aromatic rings. The fourth-order valence-electron chi connectivity index (χ4n) is 1.50. The van der Waals surface area contributed by atoms with E-state index in [4.69, 9.17) is 20.8 Å². The second-order valence-corrected chi connectivity index (χ2v) is 5.07. The molecule has 2 rings (SSSR count). The average molecular weight is 366 g/mol. The minimum absolute atomic E-state index is 0.277. The Bertz CT molecular complexity index is 581. The molecule has 0 aliphatic rings. The molecule has 0 aromatic carbocycles. The second-order valence-electron chi connectivity index (χ2n) is 3.55. The van der Waals surface area contributed by atoms with Gasteiger partial charge in [0.25, 0.3) is 0 Å². The normalized spacial score (nSPS) is 12.7. The molecule has 2 aromatic heterocycles. The maximum Gasteiger partial charge on any atom is 0.303 e. The number of hydrogen-bond acceptors (Lipinski definition) is 4. The second kappa shape index (κ2) is 4.81. The molecule has 17 heavy (non-hydrogen) atoms. The Morgan fingerprint density at radius 1 is 1.65 bits per heavy atom. The molecule has 0 saturated heterocycles. The highest BCUT2D eigenvalue weighted by atomic mass is 127. The van der Waals surface area contributed by atoms with Crippen LogP contribution in [0.25, 0.3) is 11.0 Å². The van der Waals surface area contributed by atoms with Crippen molar-refractivity contribution in [1.29, 1.82) is 0 Å². The van der Waals surface area contributed by atoms with Crippen molar-refractivity contribution in [1.82, 2.24) is 4.98 Å². The van der Waals surface area contributed by atoms with Crippen LogP contribution in [0.2, 0.25) is 5.15 Å². The smallest absolute Gasteiger partial charge is 0.303 e. The van der Waals surface area contributed by atoms with Gasteiger partial charge >= 0.3 is 5.97 Å². The summed E-state index contributed by atoms with van der Waals surface area (Å²) in [6.45, 7) is 3.11. The fourth-order valence-corrected chi connectivity index (χ4v) is 2.27. The van der Waals surface area contributed by atoms with Crippen LogP contribution in [0.15, 0.2) is 16.7 Å². The lowest BCUT2D eigenvalue weighted by atomic mass is 10.2. The van der Waals surface area contributed by atoms with Crippen LogP contribution in [0.1, 0.15) is 25.6 Å². The number of carbonyl (C=O) groups is 1. The molecule has 1 unspecified atom stereocenters. The van der Waals surface area contributed by atoms with E-state index in [1.54, 1.807) is 13.2 Å². The number of rotatable bonds is 2. The zero-order valence-corrected chi connectivity index (χ0v) is 12.1. The molecule has 0 aliphatic heterocycles. The summed E-state index contributed by atoms with van der Waals surface area (Å²) in [4.78, 5) is 15.0. The van der Waals surface area contributed by atoms with Crippen molar-refractivity contribution in [3.63, 3.8) is 0 Å². The summed E-state index contributed by atoms with van der Waals surface area (Å²) in [5, 5.41) is 1.15. The van der Waals surface area contributed by atoms with Crippen LogP contribution in [0.3, 0.4) is 0 Å². The Kier molecular flexibility index (Phi) is 3.58. The number of aromatic nitrogens is 1. The van der Waals surface area contributed by atoms with Gasteiger partial charge in [0.15, 0.2) is 10.7 Å². The molecule has 0 bridgehead atoms. The van der Waals surface area contributed by atoms with E-state index in [2.05, 4.69) is 27.6 Å². The van der Waals surface area contributed by atoms with Crippen LogP contribution in [-0.4, -0.2) is 11.0 Å². The molecule has 0 spiro atoms. The molecule has 1 atom stereocenters. The number of pyridine rings is 1. The minimum atomic E-state index is -0.430. The topological polar surface area (TPSA) is 52.3 Å². The number of ether oxygens (including phenoxy) is 1. The van der Waals surface area contributed by atoms with E-state index in [-0.39, 0.29) is 11.1 Å². The van der Waals surface area contributed by atoms with Gasteiger partial charge in [0, 0.05) is 12.3 Å². The molecule has 4 nitrogen and oxygen atoms in total. The Balaban J connectivity index is 2.48. The minimum Gasteiger partial charge on any atom is -0.460 e. The molecule has 6 heteroatoms. The molecule has 0 N–H and O–H groups in total. The SMILES string of the molecule is CC(=O)OC(C)c1cc2c(I)coc2c(Cl)n1. The fraction of sp³-hybridized carbons (Fsp3) is 0.273. The third kappa shape index (κ3) is 2.55. The van der Waals surface area contributed by atoms with Crippen LogP contribution < -0.4 is 0 Å². The first-order chi connectivity index (χ1) is 7.99. The van der Waals surface area contributed by atoms with Gasteiger partial charge in [0.05, 0.1) is 9.26 Å². The van der Waals surface area contributed by atoms with E-state index < -0.39 is 6.10 Å². The number of hydrogen-bond donors (Lipinski definition) is 0. The summed E-state index contributed by atoms with van der Waals surface area (Å²) in [6.07, 6.45) is 1.18. The van der Waals surface area contributed by atoms with Gasteiger partial charge in [-0.3, -0.25) is 4.79 Å². The molecule has 90 valence electrons. The summed E-state index contributed by atoms with van der Waals surface area (Å²) in [7, 11) is 0. The van der Waals surface area contributed by atoms with E-state index in [1.165, 1.54) is 6.92 Å². The first-order valence-corrected chi connectivity index (χ1v) is 6.35. The van der Waals surface area contributed by atoms with Crippen molar-refractivity contribution in [2.45, 2.75) is 20.0 Å². The van der Waals surface area contributed by atoms with Crippen molar-refractivity contribution in [2.24, 2.45) is 0 Å². The first-order valence-electron chi connectivity index (χ1n) is 4.89. The van der Waals surface area contributed by atoms with Crippen LogP contribution in [-0.2, 0) is 9.53 Å². The molecule has 2 heterocycles. The van der Waals surface area contributed by atoms with E-state index in [0.29, 0.717) is 11.3 Å². The number of nitrogens with zero attached hydrogens (tertiary/aromatic N) is 1. The van der Waals surface area contributed by atoms with Crippen molar-refractivity contribution in [3.8, 4) is 0 Å². The number of halogens is 2. The van der Waals surface area contributed by atoms with Gasteiger partial charge in [0.1, 0.15) is 12.4 Å². The molecule has 0 aliphatic carbocycles. The molecule has 0 radical (unpaired) electrons. The Morgan fingerprint density at radius 3 is 3.00 bits per heavy atom.